The van der Waals surface area contributed by atoms with Gasteiger partial charge in [-0.25, -0.2) is 4.98 Å². The molecular weight excluding hydrogens is 242 g/mol. The van der Waals surface area contributed by atoms with Crippen molar-refractivity contribution in [3.05, 3.63) is 23.4 Å². The van der Waals surface area contributed by atoms with Gasteiger partial charge in [0.2, 0.25) is 0 Å². The van der Waals surface area contributed by atoms with Crippen LogP contribution < -0.4 is 11.1 Å². The molecule has 1 unspecified atom stereocenters. The van der Waals surface area contributed by atoms with Gasteiger partial charge in [0.15, 0.2) is 0 Å². The summed E-state index contributed by atoms with van der Waals surface area (Å²) in [5.74, 6) is 1.58. The average Bonchev–Trinajstić information content (AvgIpc) is 2.81. The van der Waals surface area contributed by atoms with Crippen LogP contribution in [0.3, 0.4) is 0 Å². The molecule has 1 saturated carbocycles. The third-order valence-corrected chi connectivity index (χ3v) is 3.99. The minimum absolute atomic E-state index is 0.406. The number of hydrogen-bond donors (Lipinski definition) is 2. The van der Waals surface area contributed by atoms with E-state index in [2.05, 4.69) is 17.2 Å². The second-order valence-electron chi connectivity index (χ2n) is 5.19. The molecule has 0 aliphatic heterocycles. The van der Waals surface area contributed by atoms with Crippen molar-refractivity contribution in [3.63, 3.8) is 0 Å². The molecular formula is C14H21N3S. The number of hydrogen-bond acceptors (Lipinski definition) is 3. The van der Waals surface area contributed by atoms with Crippen molar-refractivity contribution in [1.82, 2.24) is 4.98 Å². The van der Waals surface area contributed by atoms with Crippen LogP contribution in [-0.2, 0) is 0 Å². The lowest BCUT2D eigenvalue weighted by Gasteiger charge is -2.22. The summed E-state index contributed by atoms with van der Waals surface area (Å²) in [6.07, 6.45) is 5.31. The SMILES string of the molecule is Cc1ccc(C(N)=S)c(NC(C)C2CCCC2)n1. The lowest BCUT2D eigenvalue weighted by Crippen LogP contribution is -2.26. The van der Waals surface area contributed by atoms with Crippen LogP contribution in [0.4, 0.5) is 5.82 Å². The molecule has 0 amide bonds. The van der Waals surface area contributed by atoms with E-state index >= 15 is 0 Å². The zero-order valence-corrected chi connectivity index (χ0v) is 11.9. The van der Waals surface area contributed by atoms with Crippen LogP contribution >= 0.6 is 12.2 Å². The van der Waals surface area contributed by atoms with Crippen molar-refractivity contribution < 1.29 is 0 Å². The van der Waals surface area contributed by atoms with E-state index in [-0.39, 0.29) is 0 Å². The molecule has 0 saturated heterocycles. The zero-order valence-electron chi connectivity index (χ0n) is 11.1. The fraction of sp³-hybridized carbons (Fsp3) is 0.571. The molecule has 0 spiro atoms. The second-order valence-corrected chi connectivity index (χ2v) is 5.63. The number of rotatable bonds is 4. The van der Waals surface area contributed by atoms with Gasteiger partial charge in [-0.05, 0) is 44.7 Å². The summed E-state index contributed by atoms with van der Waals surface area (Å²) < 4.78 is 0. The van der Waals surface area contributed by atoms with E-state index in [1.54, 1.807) is 0 Å². The Morgan fingerprint density at radius 1 is 1.44 bits per heavy atom. The molecule has 1 aromatic heterocycles. The molecule has 1 aliphatic rings. The molecule has 0 aromatic carbocycles. The van der Waals surface area contributed by atoms with Gasteiger partial charge in [-0.15, -0.1) is 0 Å². The van der Waals surface area contributed by atoms with Gasteiger partial charge in [0.25, 0.3) is 0 Å². The number of thiocarbonyl (C=S) groups is 1. The number of anilines is 1. The molecule has 0 radical (unpaired) electrons. The topological polar surface area (TPSA) is 50.9 Å². The van der Waals surface area contributed by atoms with E-state index in [9.17, 15) is 0 Å². The Morgan fingerprint density at radius 2 is 2.11 bits per heavy atom. The van der Waals surface area contributed by atoms with Gasteiger partial charge < -0.3 is 11.1 Å². The first-order valence-electron chi connectivity index (χ1n) is 6.62. The third kappa shape index (κ3) is 2.99. The molecule has 98 valence electrons. The summed E-state index contributed by atoms with van der Waals surface area (Å²) in [6, 6.07) is 4.32. The minimum atomic E-state index is 0.406. The Labute approximate surface area is 114 Å². The van der Waals surface area contributed by atoms with Gasteiger partial charge >= 0.3 is 0 Å². The highest BCUT2D eigenvalue weighted by Crippen LogP contribution is 2.29. The van der Waals surface area contributed by atoms with Crippen LogP contribution in [0.5, 0.6) is 0 Å². The van der Waals surface area contributed by atoms with E-state index in [0.29, 0.717) is 11.0 Å². The molecule has 2 rings (SSSR count). The van der Waals surface area contributed by atoms with Crippen molar-refractivity contribution in [1.29, 1.82) is 0 Å². The fourth-order valence-corrected chi connectivity index (χ4v) is 2.82. The van der Waals surface area contributed by atoms with Crippen molar-refractivity contribution in [2.75, 3.05) is 5.32 Å². The monoisotopic (exact) mass is 263 g/mol. The molecule has 1 fully saturated rings. The first-order chi connectivity index (χ1) is 8.58. The van der Waals surface area contributed by atoms with Crippen LogP contribution in [0.25, 0.3) is 0 Å². The first kappa shape index (κ1) is 13.3. The first-order valence-corrected chi connectivity index (χ1v) is 7.02. The Bertz CT molecular complexity index is 439. The van der Waals surface area contributed by atoms with Crippen LogP contribution in [0.2, 0.25) is 0 Å². The summed E-state index contributed by atoms with van der Waals surface area (Å²) in [7, 11) is 0. The zero-order chi connectivity index (χ0) is 13.1. The molecule has 18 heavy (non-hydrogen) atoms. The largest absolute Gasteiger partial charge is 0.389 e. The standard InChI is InChI=1S/C14H21N3S/c1-9-7-8-12(13(15)18)14(16-9)17-10(2)11-5-3-4-6-11/h7-8,10-11H,3-6H2,1-2H3,(H2,15,18)(H,16,17). The highest BCUT2D eigenvalue weighted by molar-refractivity contribution is 7.80. The Balaban J connectivity index is 2.16. The molecule has 0 bridgehead atoms. The maximum absolute atomic E-state index is 5.75. The van der Waals surface area contributed by atoms with Gasteiger partial charge in [0.1, 0.15) is 10.8 Å². The van der Waals surface area contributed by atoms with Crippen molar-refractivity contribution in [3.8, 4) is 0 Å². The van der Waals surface area contributed by atoms with Crippen molar-refractivity contribution in [2.45, 2.75) is 45.6 Å². The van der Waals surface area contributed by atoms with Crippen LogP contribution in [0.1, 0.15) is 43.9 Å². The van der Waals surface area contributed by atoms with Gasteiger partial charge in [0, 0.05) is 11.7 Å². The van der Waals surface area contributed by atoms with E-state index in [1.807, 2.05) is 19.1 Å². The normalized spacial score (nSPS) is 17.7. The predicted octanol–water partition coefficient (Wildman–Crippen LogP) is 3.01. The Kier molecular flexibility index (Phi) is 4.17. The lowest BCUT2D eigenvalue weighted by atomic mass is 9.99. The van der Waals surface area contributed by atoms with Gasteiger partial charge in [-0.1, -0.05) is 25.1 Å². The number of nitrogens with zero attached hydrogens (tertiary/aromatic N) is 1. The fourth-order valence-electron chi connectivity index (χ4n) is 2.66. The maximum atomic E-state index is 5.75. The van der Waals surface area contributed by atoms with Crippen LogP contribution in [-0.4, -0.2) is 16.0 Å². The second kappa shape index (κ2) is 5.65. The molecule has 1 aromatic rings. The average molecular weight is 263 g/mol. The van der Waals surface area contributed by atoms with Crippen LogP contribution in [0, 0.1) is 12.8 Å². The molecule has 1 heterocycles. The Morgan fingerprint density at radius 3 is 2.72 bits per heavy atom. The molecule has 3 nitrogen and oxygen atoms in total. The Hall–Kier alpha value is -1.16. The molecule has 3 N–H and O–H groups in total. The number of aryl methyl sites for hydroxylation is 1. The highest BCUT2D eigenvalue weighted by atomic mass is 32.1. The number of nitrogens with one attached hydrogen (secondary N) is 1. The lowest BCUT2D eigenvalue weighted by molar-refractivity contribution is 0.481. The maximum Gasteiger partial charge on any atom is 0.136 e. The number of nitrogens with two attached hydrogens (primary N) is 1. The van der Waals surface area contributed by atoms with E-state index in [0.717, 1.165) is 23.0 Å². The summed E-state index contributed by atoms with van der Waals surface area (Å²) >= 11 is 5.08. The van der Waals surface area contributed by atoms with E-state index in [1.165, 1.54) is 25.7 Å². The summed E-state index contributed by atoms with van der Waals surface area (Å²) in [5, 5.41) is 3.50. The van der Waals surface area contributed by atoms with Gasteiger partial charge in [-0.2, -0.15) is 0 Å². The summed E-state index contributed by atoms with van der Waals surface area (Å²) in [4.78, 5) is 4.93. The summed E-state index contributed by atoms with van der Waals surface area (Å²) in [6.45, 7) is 4.21. The number of pyridine rings is 1. The molecule has 4 heteroatoms. The highest BCUT2D eigenvalue weighted by Gasteiger charge is 2.22. The van der Waals surface area contributed by atoms with E-state index in [4.69, 9.17) is 18.0 Å². The third-order valence-electron chi connectivity index (χ3n) is 3.77. The molecule has 1 aliphatic carbocycles. The number of aromatic nitrogens is 1. The minimum Gasteiger partial charge on any atom is -0.389 e. The summed E-state index contributed by atoms with van der Waals surface area (Å²) in [5.41, 5.74) is 7.58. The van der Waals surface area contributed by atoms with Crippen LogP contribution in [0.15, 0.2) is 12.1 Å². The van der Waals surface area contributed by atoms with Crippen molar-refractivity contribution in [2.24, 2.45) is 11.7 Å². The quantitative estimate of drug-likeness (QED) is 0.820. The van der Waals surface area contributed by atoms with Gasteiger partial charge in [-0.3, -0.25) is 0 Å². The van der Waals surface area contributed by atoms with E-state index < -0.39 is 0 Å². The smallest absolute Gasteiger partial charge is 0.136 e. The predicted molar refractivity (Wildman–Crippen MR) is 79.9 cm³/mol. The molecule has 1 atom stereocenters. The van der Waals surface area contributed by atoms with Gasteiger partial charge in [0.05, 0.1) is 5.56 Å². The van der Waals surface area contributed by atoms with Crippen molar-refractivity contribution >= 4 is 23.0 Å².